The van der Waals surface area contributed by atoms with Crippen LogP contribution in [0.2, 0.25) is 0 Å². The molecule has 9 nitrogen and oxygen atoms in total. The van der Waals surface area contributed by atoms with E-state index in [1.54, 1.807) is 18.8 Å². The SMILES string of the molecule is CCCCc1cn(-c2c(OC)cccc2OC)c(=O)n1Cc1ccc(-c2ccccc2)c(-c2nn[nH]n2)c1. The fraction of sp³-hybridized carbons (Fsp3) is 0.241. The zero-order valence-electron chi connectivity index (χ0n) is 21.7. The van der Waals surface area contributed by atoms with E-state index in [9.17, 15) is 4.79 Å². The number of methoxy groups -OCH3 is 2. The van der Waals surface area contributed by atoms with Crippen molar-refractivity contribution in [2.75, 3.05) is 14.2 Å². The summed E-state index contributed by atoms with van der Waals surface area (Å²) in [6.45, 7) is 2.53. The Kier molecular flexibility index (Phi) is 7.35. The second-order valence-electron chi connectivity index (χ2n) is 8.96. The van der Waals surface area contributed by atoms with Crippen LogP contribution in [0.1, 0.15) is 31.0 Å². The number of nitrogens with zero attached hydrogens (tertiary/aromatic N) is 5. The van der Waals surface area contributed by atoms with Crippen molar-refractivity contribution in [1.29, 1.82) is 0 Å². The molecule has 5 rings (SSSR count). The summed E-state index contributed by atoms with van der Waals surface area (Å²) >= 11 is 0. The lowest BCUT2D eigenvalue weighted by molar-refractivity contribution is 0.390. The molecule has 0 bridgehead atoms. The van der Waals surface area contributed by atoms with Crippen LogP contribution in [0.25, 0.3) is 28.2 Å². The standard InChI is InChI=1S/C29H30N6O3/c1-4-5-12-22-19-35(27-25(37-2)13-9-14-26(27)38-3)29(36)34(22)18-20-15-16-23(21-10-7-6-8-11-21)24(17-20)28-30-32-33-31-28/h6-11,13-17,19H,4-5,12,18H2,1-3H3,(H,30,31,32,33). The van der Waals surface area contributed by atoms with E-state index in [4.69, 9.17) is 9.47 Å². The van der Waals surface area contributed by atoms with Crippen molar-refractivity contribution in [1.82, 2.24) is 29.8 Å². The normalized spacial score (nSPS) is 11.0. The molecule has 0 fully saturated rings. The van der Waals surface area contributed by atoms with Gasteiger partial charge >= 0.3 is 5.69 Å². The Morgan fingerprint density at radius 2 is 1.68 bits per heavy atom. The van der Waals surface area contributed by atoms with Crippen LogP contribution < -0.4 is 15.2 Å². The van der Waals surface area contributed by atoms with E-state index in [-0.39, 0.29) is 5.69 Å². The Labute approximate surface area is 220 Å². The molecule has 2 heterocycles. The largest absolute Gasteiger partial charge is 0.494 e. The summed E-state index contributed by atoms with van der Waals surface area (Å²) < 4.78 is 14.6. The minimum Gasteiger partial charge on any atom is -0.494 e. The van der Waals surface area contributed by atoms with Crippen molar-refractivity contribution < 1.29 is 9.47 Å². The molecule has 9 heteroatoms. The van der Waals surface area contributed by atoms with Gasteiger partial charge < -0.3 is 9.47 Å². The number of aromatic nitrogens is 6. The van der Waals surface area contributed by atoms with Gasteiger partial charge in [0.15, 0.2) is 0 Å². The number of tetrazole rings is 1. The van der Waals surface area contributed by atoms with Crippen LogP contribution in [-0.4, -0.2) is 44.0 Å². The van der Waals surface area contributed by atoms with E-state index < -0.39 is 0 Å². The molecule has 0 spiro atoms. The predicted molar refractivity (Wildman–Crippen MR) is 146 cm³/mol. The van der Waals surface area contributed by atoms with Gasteiger partial charge in [-0.25, -0.2) is 4.79 Å². The molecule has 1 N–H and O–H groups in total. The number of hydrogen-bond acceptors (Lipinski definition) is 6. The molecule has 0 saturated heterocycles. The molecule has 0 amide bonds. The Bertz CT molecular complexity index is 1550. The number of hydrogen-bond donors (Lipinski definition) is 1. The molecule has 0 aliphatic rings. The molecule has 0 saturated carbocycles. The van der Waals surface area contributed by atoms with Gasteiger partial charge in [0.25, 0.3) is 0 Å². The molecule has 0 atom stereocenters. The maximum absolute atomic E-state index is 13.9. The van der Waals surface area contributed by atoms with Crippen molar-refractivity contribution in [3.05, 3.63) is 94.7 Å². The Hall–Kier alpha value is -4.66. The monoisotopic (exact) mass is 510 g/mol. The van der Waals surface area contributed by atoms with Gasteiger partial charge in [-0.15, -0.1) is 10.2 Å². The van der Waals surface area contributed by atoms with Gasteiger partial charge in [-0.2, -0.15) is 5.21 Å². The summed E-state index contributed by atoms with van der Waals surface area (Å²) in [6.07, 6.45) is 4.66. The van der Waals surface area contributed by atoms with Gasteiger partial charge in [-0.1, -0.05) is 61.9 Å². The molecular weight excluding hydrogens is 480 g/mol. The second kappa shape index (κ2) is 11.2. The Morgan fingerprint density at radius 3 is 2.34 bits per heavy atom. The minimum atomic E-state index is -0.160. The van der Waals surface area contributed by atoms with Gasteiger partial charge in [0.1, 0.15) is 17.2 Å². The molecule has 0 radical (unpaired) electrons. The van der Waals surface area contributed by atoms with Crippen molar-refractivity contribution in [2.45, 2.75) is 32.7 Å². The summed E-state index contributed by atoms with van der Waals surface area (Å²) in [7, 11) is 3.18. The molecular formula is C29H30N6O3. The van der Waals surface area contributed by atoms with Gasteiger partial charge in [0.05, 0.1) is 20.8 Å². The highest BCUT2D eigenvalue weighted by Gasteiger charge is 2.20. The van der Waals surface area contributed by atoms with Gasteiger partial charge in [-0.05, 0) is 52.9 Å². The highest BCUT2D eigenvalue weighted by molar-refractivity contribution is 5.80. The topological polar surface area (TPSA) is 99.9 Å². The van der Waals surface area contributed by atoms with E-state index in [0.717, 1.165) is 47.2 Å². The summed E-state index contributed by atoms with van der Waals surface area (Å²) in [5, 5.41) is 14.8. The number of imidazole rings is 1. The molecule has 3 aromatic carbocycles. The number of rotatable bonds is 10. The maximum atomic E-state index is 13.9. The average Bonchev–Trinajstić information content (AvgIpc) is 3.61. The third-order valence-electron chi connectivity index (χ3n) is 6.59. The van der Waals surface area contributed by atoms with Gasteiger partial charge in [-0.3, -0.25) is 9.13 Å². The van der Waals surface area contributed by atoms with Gasteiger partial charge in [0, 0.05) is 17.5 Å². The number of aromatic amines is 1. The predicted octanol–water partition coefficient (Wildman–Crippen LogP) is 4.89. The number of aryl methyl sites for hydroxylation is 1. The minimum absolute atomic E-state index is 0.160. The van der Waals surface area contributed by atoms with Crippen molar-refractivity contribution in [3.8, 4) is 39.7 Å². The average molecular weight is 511 g/mol. The van der Waals surface area contributed by atoms with Gasteiger partial charge in [0.2, 0.25) is 5.82 Å². The molecule has 0 unspecified atom stereocenters. The van der Waals surface area contributed by atoms with Crippen LogP contribution in [0.15, 0.2) is 77.7 Å². The van der Waals surface area contributed by atoms with Crippen molar-refractivity contribution >= 4 is 0 Å². The third-order valence-corrected chi connectivity index (χ3v) is 6.59. The highest BCUT2D eigenvalue weighted by Crippen LogP contribution is 2.33. The number of unbranched alkanes of at least 4 members (excludes halogenated alkanes) is 1. The smallest absolute Gasteiger partial charge is 0.333 e. The first-order valence-corrected chi connectivity index (χ1v) is 12.6. The van der Waals surface area contributed by atoms with E-state index in [2.05, 4.69) is 27.5 Å². The van der Waals surface area contributed by atoms with Crippen LogP contribution in [0, 0.1) is 0 Å². The molecule has 5 aromatic rings. The second-order valence-corrected chi connectivity index (χ2v) is 8.96. The van der Waals surface area contributed by atoms with E-state index in [0.29, 0.717) is 29.6 Å². The molecule has 0 aliphatic heterocycles. The first kappa shape index (κ1) is 25.0. The molecule has 2 aromatic heterocycles. The van der Waals surface area contributed by atoms with Crippen LogP contribution in [-0.2, 0) is 13.0 Å². The lowest BCUT2D eigenvalue weighted by atomic mass is 9.97. The summed E-state index contributed by atoms with van der Waals surface area (Å²) in [5.41, 5.74) is 5.21. The number of ether oxygens (including phenoxy) is 2. The quantitative estimate of drug-likeness (QED) is 0.287. The zero-order chi connectivity index (χ0) is 26.5. The summed E-state index contributed by atoms with van der Waals surface area (Å²) in [4.78, 5) is 13.9. The van der Waals surface area contributed by atoms with Crippen LogP contribution in [0.4, 0.5) is 0 Å². The zero-order valence-corrected chi connectivity index (χ0v) is 21.7. The van der Waals surface area contributed by atoms with Crippen LogP contribution in [0.5, 0.6) is 11.5 Å². The van der Waals surface area contributed by atoms with E-state index in [1.807, 2.05) is 77.5 Å². The number of H-pyrrole nitrogens is 1. The van der Waals surface area contributed by atoms with Crippen molar-refractivity contribution in [3.63, 3.8) is 0 Å². The van der Waals surface area contributed by atoms with Crippen molar-refractivity contribution in [2.24, 2.45) is 0 Å². The summed E-state index contributed by atoms with van der Waals surface area (Å²) in [5.74, 6) is 1.63. The first-order valence-electron chi connectivity index (χ1n) is 12.6. The first-order chi connectivity index (χ1) is 18.6. The van der Waals surface area contributed by atoms with E-state index in [1.165, 1.54) is 0 Å². The molecule has 38 heavy (non-hydrogen) atoms. The fourth-order valence-corrected chi connectivity index (χ4v) is 4.69. The molecule has 194 valence electrons. The number of benzene rings is 3. The van der Waals surface area contributed by atoms with Crippen LogP contribution >= 0.6 is 0 Å². The Morgan fingerprint density at radius 1 is 0.921 bits per heavy atom. The molecule has 0 aliphatic carbocycles. The number of nitrogens with one attached hydrogen (secondary N) is 1. The number of para-hydroxylation sites is 1. The van der Waals surface area contributed by atoms with Crippen LogP contribution in [0.3, 0.4) is 0 Å². The maximum Gasteiger partial charge on any atom is 0.333 e. The third kappa shape index (κ3) is 4.82. The lowest BCUT2D eigenvalue weighted by Gasteiger charge is -2.13. The summed E-state index contributed by atoms with van der Waals surface area (Å²) in [6, 6.07) is 21.7. The fourth-order valence-electron chi connectivity index (χ4n) is 4.69. The highest BCUT2D eigenvalue weighted by atomic mass is 16.5. The lowest BCUT2D eigenvalue weighted by Crippen LogP contribution is -2.25. The Balaban J connectivity index is 1.61. The van der Waals surface area contributed by atoms with E-state index >= 15 is 0 Å².